The lowest BCUT2D eigenvalue weighted by molar-refractivity contribution is -0.143. The molecule has 0 bridgehead atoms. The van der Waals surface area contributed by atoms with Crippen molar-refractivity contribution in [3.05, 3.63) is 71.8 Å². The van der Waals surface area contributed by atoms with Gasteiger partial charge in [0, 0.05) is 25.0 Å². The van der Waals surface area contributed by atoms with Crippen molar-refractivity contribution in [1.82, 2.24) is 14.5 Å². The summed E-state index contributed by atoms with van der Waals surface area (Å²) in [6.45, 7) is 0.458. The largest absolute Gasteiger partial charge is 0.387 e. The van der Waals surface area contributed by atoms with Crippen LogP contribution in [0.3, 0.4) is 0 Å². The molecular weight excluding hydrogens is 514 g/mol. The van der Waals surface area contributed by atoms with Gasteiger partial charge in [-0.05, 0) is 55.6 Å². The van der Waals surface area contributed by atoms with Gasteiger partial charge in [-0.15, -0.1) is 0 Å². The first-order chi connectivity index (χ1) is 18.8. The number of carbonyl (C=O) groups is 2. The zero-order valence-electron chi connectivity index (χ0n) is 22.0. The van der Waals surface area contributed by atoms with Gasteiger partial charge in [0.2, 0.25) is 21.8 Å². The highest BCUT2D eigenvalue weighted by molar-refractivity contribution is 7.89. The number of carbonyl (C=O) groups excluding carboxylic acids is 2. The second-order valence-electron chi connectivity index (χ2n) is 11.0. The zero-order chi connectivity index (χ0) is 27.6. The monoisotopic (exact) mass is 551 g/mol. The molecule has 3 fully saturated rings. The fourth-order valence-corrected chi connectivity index (χ4v) is 8.37. The number of hydrogen-bond acceptors (Lipinski definition) is 5. The molecule has 10 heteroatoms. The molecule has 3 aliphatic rings. The van der Waals surface area contributed by atoms with Crippen LogP contribution >= 0.6 is 0 Å². The quantitative estimate of drug-likeness (QED) is 0.342. The molecule has 9 nitrogen and oxygen atoms in total. The number of nitrogens with two attached hydrogens (primary N) is 1. The van der Waals surface area contributed by atoms with Gasteiger partial charge in [0.25, 0.3) is 0 Å². The van der Waals surface area contributed by atoms with Crippen molar-refractivity contribution in [2.45, 2.75) is 55.9 Å². The van der Waals surface area contributed by atoms with Gasteiger partial charge in [-0.2, -0.15) is 4.31 Å². The smallest absolute Gasteiger partial charge is 0.242 e. The number of hydrogen-bond donors (Lipinski definition) is 3. The molecule has 2 heterocycles. The minimum Gasteiger partial charge on any atom is -0.387 e. The number of amides is 2. The van der Waals surface area contributed by atoms with Crippen molar-refractivity contribution in [3.8, 4) is 0 Å². The van der Waals surface area contributed by atoms with Crippen LogP contribution < -0.4 is 11.1 Å². The number of rotatable bonds is 8. The Hall–Kier alpha value is -3.24. The van der Waals surface area contributed by atoms with Crippen LogP contribution in [-0.2, 0) is 19.6 Å². The number of fused-ring (bicyclic) bond motifs is 1. The van der Waals surface area contributed by atoms with Crippen molar-refractivity contribution in [1.29, 1.82) is 5.41 Å². The lowest BCUT2D eigenvalue weighted by Crippen LogP contribution is -2.60. The van der Waals surface area contributed by atoms with Crippen molar-refractivity contribution in [3.63, 3.8) is 0 Å². The normalized spacial score (nSPS) is 25.9. The number of sulfonamides is 1. The first kappa shape index (κ1) is 27.3. The Kier molecular flexibility index (Phi) is 8.04. The molecule has 2 amide bonds. The number of piperazine rings is 1. The molecule has 0 radical (unpaired) electrons. The summed E-state index contributed by atoms with van der Waals surface area (Å²) in [7, 11) is -3.91. The molecule has 1 saturated carbocycles. The molecule has 2 saturated heterocycles. The molecule has 2 aliphatic heterocycles. The van der Waals surface area contributed by atoms with Crippen LogP contribution in [0.1, 0.15) is 54.9 Å². The summed E-state index contributed by atoms with van der Waals surface area (Å²) in [5.74, 6) is 0.234. The van der Waals surface area contributed by atoms with Crippen LogP contribution in [0.15, 0.2) is 60.7 Å². The highest BCUT2D eigenvalue weighted by atomic mass is 32.2. The molecule has 0 spiro atoms. The van der Waals surface area contributed by atoms with E-state index in [1.165, 1.54) is 4.31 Å². The lowest BCUT2D eigenvalue weighted by Gasteiger charge is -2.40. The van der Waals surface area contributed by atoms with Crippen LogP contribution in [0.2, 0.25) is 0 Å². The third-order valence-corrected chi connectivity index (χ3v) is 10.7. The number of nitrogens with one attached hydrogen (secondary N) is 2. The van der Waals surface area contributed by atoms with Crippen molar-refractivity contribution >= 4 is 27.7 Å². The van der Waals surface area contributed by atoms with E-state index in [1.807, 2.05) is 36.4 Å². The summed E-state index contributed by atoms with van der Waals surface area (Å²) in [4.78, 5) is 28.1. The molecular formula is C29H37N5O4S. The van der Waals surface area contributed by atoms with E-state index in [9.17, 15) is 18.0 Å². The lowest BCUT2D eigenvalue weighted by atomic mass is 9.81. The first-order valence-corrected chi connectivity index (χ1v) is 15.3. The van der Waals surface area contributed by atoms with Gasteiger partial charge in [0.05, 0.1) is 12.4 Å². The fourth-order valence-electron chi connectivity index (χ4n) is 6.40. The third-order valence-electron chi connectivity index (χ3n) is 8.53. The van der Waals surface area contributed by atoms with E-state index < -0.39 is 21.3 Å². The second-order valence-corrected chi connectivity index (χ2v) is 13.0. The predicted octanol–water partition coefficient (Wildman–Crippen LogP) is 2.64. The molecule has 0 aromatic heterocycles. The molecule has 39 heavy (non-hydrogen) atoms. The Bertz CT molecular complexity index is 1260. The number of nitrogens with zero attached hydrogens (tertiary/aromatic N) is 2. The van der Waals surface area contributed by atoms with E-state index >= 15 is 0 Å². The van der Waals surface area contributed by atoms with Crippen molar-refractivity contribution < 1.29 is 18.0 Å². The zero-order valence-corrected chi connectivity index (χ0v) is 22.9. The topological polar surface area (TPSA) is 137 Å². The highest BCUT2D eigenvalue weighted by Crippen LogP contribution is 2.36. The minimum absolute atomic E-state index is 0.140. The molecule has 2 aromatic rings. The third kappa shape index (κ3) is 5.72. The Balaban J connectivity index is 1.26. The van der Waals surface area contributed by atoms with Crippen LogP contribution in [0, 0.1) is 17.2 Å². The van der Waals surface area contributed by atoms with E-state index in [0.717, 1.165) is 25.7 Å². The molecule has 5 rings (SSSR count). The van der Waals surface area contributed by atoms with Gasteiger partial charge in [0.15, 0.2) is 0 Å². The van der Waals surface area contributed by atoms with E-state index in [0.29, 0.717) is 36.4 Å². The summed E-state index contributed by atoms with van der Waals surface area (Å²) < 4.78 is 29.4. The maximum Gasteiger partial charge on any atom is 0.242 e. The van der Waals surface area contributed by atoms with Gasteiger partial charge in [-0.1, -0.05) is 60.7 Å². The summed E-state index contributed by atoms with van der Waals surface area (Å²) in [5, 5.41) is 9.76. The van der Waals surface area contributed by atoms with Crippen LogP contribution in [0.5, 0.6) is 0 Å². The maximum absolute atomic E-state index is 14.0. The van der Waals surface area contributed by atoms with Crippen LogP contribution in [0.4, 0.5) is 0 Å². The summed E-state index contributed by atoms with van der Waals surface area (Å²) in [5.41, 5.74) is 6.94. The number of amidine groups is 1. The van der Waals surface area contributed by atoms with Crippen LogP contribution in [0.25, 0.3) is 0 Å². The molecule has 208 valence electrons. The Labute approximate surface area is 230 Å². The van der Waals surface area contributed by atoms with E-state index in [4.69, 9.17) is 11.1 Å². The van der Waals surface area contributed by atoms with Crippen LogP contribution in [-0.4, -0.2) is 67.0 Å². The van der Waals surface area contributed by atoms with E-state index in [-0.39, 0.29) is 42.7 Å². The minimum atomic E-state index is -3.91. The Morgan fingerprint density at radius 3 is 2.10 bits per heavy atom. The highest BCUT2D eigenvalue weighted by Gasteiger charge is 2.48. The Morgan fingerprint density at radius 1 is 0.949 bits per heavy atom. The fraction of sp³-hybridized carbons (Fsp3) is 0.483. The molecule has 0 unspecified atom stereocenters. The van der Waals surface area contributed by atoms with Gasteiger partial charge in [0.1, 0.15) is 11.3 Å². The van der Waals surface area contributed by atoms with Gasteiger partial charge in [-0.3, -0.25) is 15.0 Å². The Morgan fingerprint density at radius 2 is 1.54 bits per heavy atom. The number of benzene rings is 2. The van der Waals surface area contributed by atoms with E-state index in [1.54, 1.807) is 29.2 Å². The predicted molar refractivity (Wildman–Crippen MR) is 149 cm³/mol. The molecule has 1 aliphatic carbocycles. The average molecular weight is 552 g/mol. The van der Waals surface area contributed by atoms with E-state index in [2.05, 4.69) is 5.32 Å². The summed E-state index contributed by atoms with van der Waals surface area (Å²) in [6.07, 6.45) is 4.66. The SMILES string of the molecule is N=C(N)C1CCC(CNC(=O)[C@@H]2CC[C@H]3CN(S(=O)(=O)C(c4ccccc4)c4ccccc4)CC(=O)N32)CC1. The van der Waals surface area contributed by atoms with Gasteiger partial charge >= 0.3 is 0 Å². The molecule has 2 atom stereocenters. The summed E-state index contributed by atoms with van der Waals surface area (Å²) in [6, 6.07) is 17.3. The average Bonchev–Trinajstić information content (AvgIpc) is 3.38. The molecule has 4 N–H and O–H groups in total. The van der Waals surface area contributed by atoms with Crippen molar-refractivity contribution in [2.24, 2.45) is 17.6 Å². The standard InChI is InChI=1S/C29H37N5O4S/c30-28(31)23-13-11-20(12-14-23)17-32-29(36)25-16-15-24-18-33(19-26(35)34(24)25)39(37,38)27(21-7-3-1-4-8-21)22-9-5-2-6-10-22/h1-10,20,23-25,27H,11-19H2,(H3,30,31)(H,32,36)/t20?,23?,24-,25-/m0/s1. The van der Waals surface area contributed by atoms with Gasteiger partial charge in [-0.25, -0.2) is 8.42 Å². The van der Waals surface area contributed by atoms with Crippen molar-refractivity contribution in [2.75, 3.05) is 19.6 Å². The molecule has 2 aromatic carbocycles. The van der Waals surface area contributed by atoms with Gasteiger partial charge < -0.3 is 16.0 Å². The summed E-state index contributed by atoms with van der Waals surface area (Å²) >= 11 is 0. The maximum atomic E-state index is 14.0. The first-order valence-electron chi connectivity index (χ1n) is 13.8. The second kappa shape index (κ2) is 11.5.